The van der Waals surface area contributed by atoms with Crippen LogP contribution in [0, 0.1) is 6.92 Å². The van der Waals surface area contributed by atoms with Gasteiger partial charge in [-0.05, 0) is 49.4 Å². The quantitative estimate of drug-likeness (QED) is 0.682. The second-order valence-electron chi connectivity index (χ2n) is 4.08. The Morgan fingerprint density at radius 3 is 2.94 bits per heavy atom. The van der Waals surface area contributed by atoms with Gasteiger partial charge in [-0.15, -0.1) is 0 Å². The molecule has 0 unspecified atom stereocenters. The van der Waals surface area contributed by atoms with Crippen molar-refractivity contribution in [2.75, 3.05) is 13.7 Å². The van der Waals surface area contributed by atoms with E-state index in [9.17, 15) is 4.79 Å². The minimum Gasteiger partial charge on any atom is -0.493 e. The maximum atomic E-state index is 11.5. The molecule has 0 bridgehead atoms. The SMILES string of the molecule is COC(=O)c1cc(C)c2c(c1)CCCCO2. The molecule has 0 spiro atoms. The zero-order chi connectivity index (χ0) is 11.5. The van der Waals surface area contributed by atoms with Crippen molar-refractivity contribution in [3.05, 3.63) is 28.8 Å². The summed E-state index contributed by atoms with van der Waals surface area (Å²) in [6, 6.07) is 3.72. The number of esters is 1. The molecule has 1 aliphatic heterocycles. The Bertz CT molecular complexity index is 410. The smallest absolute Gasteiger partial charge is 0.337 e. The first-order valence-corrected chi connectivity index (χ1v) is 5.57. The highest BCUT2D eigenvalue weighted by atomic mass is 16.5. The third kappa shape index (κ3) is 2.03. The molecule has 1 aliphatic rings. The average Bonchev–Trinajstić information content (AvgIpc) is 2.53. The molecule has 3 heteroatoms. The Morgan fingerprint density at radius 2 is 2.19 bits per heavy atom. The molecule has 0 amide bonds. The summed E-state index contributed by atoms with van der Waals surface area (Å²) in [6.45, 7) is 2.74. The van der Waals surface area contributed by atoms with Crippen LogP contribution in [-0.2, 0) is 11.2 Å². The molecular weight excluding hydrogens is 204 g/mol. The van der Waals surface area contributed by atoms with Gasteiger partial charge in [-0.3, -0.25) is 0 Å². The van der Waals surface area contributed by atoms with Gasteiger partial charge in [-0.2, -0.15) is 0 Å². The molecule has 0 atom stereocenters. The minimum atomic E-state index is -0.282. The van der Waals surface area contributed by atoms with E-state index in [2.05, 4.69) is 0 Å². The Morgan fingerprint density at radius 1 is 1.38 bits per heavy atom. The highest BCUT2D eigenvalue weighted by Crippen LogP contribution is 2.29. The van der Waals surface area contributed by atoms with Gasteiger partial charge < -0.3 is 9.47 Å². The minimum absolute atomic E-state index is 0.282. The largest absolute Gasteiger partial charge is 0.493 e. The van der Waals surface area contributed by atoms with Gasteiger partial charge in [0.2, 0.25) is 0 Å². The Labute approximate surface area is 95.4 Å². The van der Waals surface area contributed by atoms with Crippen LogP contribution in [-0.4, -0.2) is 19.7 Å². The number of fused-ring (bicyclic) bond motifs is 1. The van der Waals surface area contributed by atoms with Gasteiger partial charge in [0.15, 0.2) is 0 Å². The summed E-state index contributed by atoms with van der Waals surface area (Å²) in [6.07, 6.45) is 3.15. The first kappa shape index (κ1) is 11.0. The van der Waals surface area contributed by atoms with Crippen molar-refractivity contribution >= 4 is 5.97 Å². The van der Waals surface area contributed by atoms with Gasteiger partial charge in [-0.1, -0.05) is 0 Å². The predicted octanol–water partition coefficient (Wildman–Crippen LogP) is 2.50. The van der Waals surface area contributed by atoms with Crippen LogP contribution < -0.4 is 4.74 Å². The van der Waals surface area contributed by atoms with E-state index >= 15 is 0 Å². The Kier molecular flexibility index (Phi) is 3.13. The summed E-state index contributed by atoms with van der Waals surface area (Å²) in [5.41, 5.74) is 2.75. The highest BCUT2D eigenvalue weighted by molar-refractivity contribution is 5.90. The van der Waals surface area contributed by atoms with Crippen molar-refractivity contribution in [3.8, 4) is 5.75 Å². The lowest BCUT2D eigenvalue weighted by Crippen LogP contribution is -2.04. The summed E-state index contributed by atoms with van der Waals surface area (Å²) in [5.74, 6) is 0.667. The van der Waals surface area contributed by atoms with Gasteiger partial charge in [0, 0.05) is 0 Å². The first-order chi connectivity index (χ1) is 7.72. The summed E-state index contributed by atoms with van der Waals surface area (Å²) in [5, 5.41) is 0. The topological polar surface area (TPSA) is 35.5 Å². The molecule has 0 aromatic heterocycles. The van der Waals surface area contributed by atoms with Crippen LogP contribution >= 0.6 is 0 Å². The molecule has 0 aliphatic carbocycles. The molecule has 1 heterocycles. The van der Waals surface area contributed by atoms with E-state index in [-0.39, 0.29) is 5.97 Å². The number of hydrogen-bond acceptors (Lipinski definition) is 3. The van der Waals surface area contributed by atoms with Crippen molar-refractivity contribution < 1.29 is 14.3 Å². The number of aryl methyl sites for hydroxylation is 2. The summed E-state index contributed by atoms with van der Waals surface area (Å²) in [4.78, 5) is 11.5. The Hall–Kier alpha value is -1.51. The maximum Gasteiger partial charge on any atom is 0.337 e. The third-order valence-corrected chi connectivity index (χ3v) is 2.86. The van der Waals surface area contributed by atoms with Gasteiger partial charge >= 0.3 is 5.97 Å². The van der Waals surface area contributed by atoms with Crippen molar-refractivity contribution in [1.29, 1.82) is 0 Å². The van der Waals surface area contributed by atoms with E-state index in [1.54, 1.807) is 0 Å². The predicted molar refractivity (Wildman–Crippen MR) is 61.0 cm³/mol. The first-order valence-electron chi connectivity index (χ1n) is 5.57. The van der Waals surface area contributed by atoms with Crippen molar-refractivity contribution in [3.63, 3.8) is 0 Å². The fraction of sp³-hybridized carbons (Fsp3) is 0.462. The van der Waals surface area contributed by atoms with Gasteiger partial charge in [0.25, 0.3) is 0 Å². The molecule has 2 rings (SSSR count). The average molecular weight is 220 g/mol. The second kappa shape index (κ2) is 4.56. The van der Waals surface area contributed by atoms with E-state index in [4.69, 9.17) is 9.47 Å². The van der Waals surface area contributed by atoms with Gasteiger partial charge in [-0.25, -0.2) is 4.79 Å². The van der Waals surface area contributed by atoms with Crippen molar-refractivity contribution in [2.45, 2.75) is 26.2 Å². The number of rotatable bonds is 1. The fourth-order valence-corrected chi connectivity index (χ4v) is 2.07. The van der Waals surface area contributed by atoms with E-state index in [0.717, 1.165) is 42.7 Å². The summed E-state index contributed by atoms with van der Waals surface area (Å²) >= 11 is 0. The molecule has 16 heavy (non-hydrogen) atoms. The number of carbonyl (C=O) groups excluding carboxylic acids is 1. The van der Waals surface area contributed by atoms with Gasteiger partial charge in [0.1, 0.15) is 5.75 Å². The highest BCUT2D eigenvalue weighted by Gasteiger charge is 2.15. The van der Waals surface area contributed by atoms with E-state index in [1.165, 1.54) is 7.11 Å². The Balaban J connectivity index is 2.43. The molecule has 0 N–H and O–H groups in total. The van der Waals surface area contributed by atoms with E-state index in [0.29, 0.717) is 5.56 Å². The monoisotopic (exact) mass is 220 g/mol. The van der Waals surface area contributed by atoms with Crippen molar-refractivity contribution in [2.24, 2.45) is 0 Å². The van der Waals surface area contributed by atoms with Crippen LogP contribution in [0.15, 0.2) is 12.1 Å². The van der Waals surface area contributed by atoms with Crippen molar-refractivity contribution in [1.82, 2.24) is 0 Å². The molecule has 0 radical (unpaired) electrons. The van der Waals surface area contributed by atoms with Crippen LogP contribution in [0.25, 0.3) is 0 Å². The summed E-state index contributed by atoms with van der Waals surface area (Å²) in [7, 11) is 1.40. The molecule has 3 nitrogen and oxygen atoms in total. The lowest BCUT2D eigenvalue weighted by molar-refractivity contribution is 0.0600. The molecule has 0 saturated heterocycles. The molecule has 0 fully saturated rings. The lowest BCUT2D eigenvalue weighted by Gasteiger charge is -2.12. The molecule has 1 aromatic carbocycles. The van der Waals surface area contributed by atoms with E-state index in [1.807, 2.05) is 19.1 Å². The van der Waals surface area contributed by atoms with Gasteiger partial charge in [0.05, 0.1) is 19.3 Å². The maximum absolute atomic E-state index is 11.5. The van der Waals surface area contributed by atoms with Crippen LogP contribution in [0.2, 0.25) is 0 Å². The van der Waals surface area contributed by atoms with Crippen LogP contribution in [0.5, 0.6) is 5.75 Å². The second-order valence-corrected chi connectivity index (χ2v) is 4.08. The van der Waals surface area contributed by atoms with Crippen LogP contribution in [0.3, 0.4) is 0 Å². The number of ether oxygens (including phenoxy) is 2. The molecular formula is C13H16O3. The summed E-state index contributed by atoms with van der Waals surface area (Å²) < 4.78 is 10.4. The number of benzene rings is 1. The zero-order valence-corrected chi connectivity index (χ0v) is 9.71. The zero-order valence-electron chi connectivity index (χ0n) is 9.71. The number of hydrogen-bond donors (Lipinski definition) is 0. The van der Waals surface area contributed by atoms with Crippen LogP contribution in [0.4, 0.5) is 0 Å². The van der Waals surface area contributed by atoms with E-state index < -0.39 is 0 Å². The molecule has 0 saturated carbocycles. The third-order valence-electron chi connectivity index (χ3n) is 2.86. The molecule has 1 aromatic rings. The lowest BCUT2D eigenvalue weighted by atomic mass is 10.0. The number of methoxy groups -OCH3 is 1. The number of carbonyl (C=O) groups is 1. The molecule has 86 valence electrons. The normalized spacial score (nSPS) is 14.6. The standard InChI is InChI=1S/C13H16O3/c1-9-7-11(13(14)15-2)8-10-5-3-4-6-16-12(9)10/h7-8H,3-6H2,1-2H3. The fourth-order valence-electron chi connectivity index (χ4n) is 2.07. The van der Waals surface area contributed by atoms with Crippen LogP contribution in [0.1, 0.15) is 34.3 Å².